The summed E-state index contributed by atoms with van der Waals surface area (Å²) >= 11 is 0. The van der Waals surface area contributed by atoms with Gasteiger partial charge in [0.15, 0.2) is 5.82 Å². The van der Waals surface area contributed by atoms with E-state index >= 15 is 0 Å². The molecule has 0 fully saturated rings. The highest BCUT2D eigenvalue weighted by atomic mass is 19.4. The molecule has 2 aromatic carbocycles. The van der Waals surface area contributed by atoms with Gasteiger partial charge in [0.05, 0.1) is 5.56 Å². The normalized spacial score (nSPS) is 11.1. The van der Waals surface area contributed by atoms with Gasteiger partial charge in [-0.25, -0.2) is 4.39 Å². The molecule has 4 nitrogen and oxygen atoms in total. The maximum absolute atomic E-state index is 13.1. The highest BCUT2D eigenvalue weighted by Crippen LogP contribution is 2.30. The molecule has 0 atom stereocenters. The molecule has 0 bridgehead atoms. The first-order valence-corrected chi connectivity index (χ1v) is 5.93. The lowest BCUT2D eigenvalue weighted by Crippen LogP contribution is -2.12. The van der Waals surface area contributed by atoms with Crippen LogP contribution in [0, 0.1) is 10.7 Å². The molecule has 0 saturated carbocycles. The highest BCUT2D eigenvalue weighted by molar-refractivity contribution is 6.04. The van der Waals surface area contributed by atoms with E-state index in [1.54, 1.807) is 0 Å². The minimum absolute atomic E-state index is 0.0455. The average molecular weight is 312 g/mol. The van der Waals surface area contributed by atoms with Crippen LogP contribution in [0.5, 0.6) is 0 Å². The van der Waals surface area contributed by atoms with E-state index in [0.29, 0.717) is 0 Å². The fraction of sp³-hybridized carbons (Fsp3) is 0.0714. The van der Waals surface area contributed by atoms with Crippen LogP contribution >= 0.6 is 0 Å². The van der Waals surface area contributed by atoms with Crippen LogP contribution in [0.1, 0.15) is 15.9 Å². The number of carbonyl (C=O) groups excluding carboxylic acids is 1. The van der Waals surface area contributed by atoms with E-state index in [1.165, 1.54) is 0 Å². The maximum Gasteiger partial charge on any atom is 0.416 e. The summed E-state index contributed by atoms with van der Waals surface area (Å²) in [6, 6.07) is 6.78. The topological polar surface area (TPSA) is 58.5 Å². The summed E-state index contributed by atoms with van der Waals surface area (Å²) in [4.78, 5) is 22.2. The average Bonchev–Trinajstić information content (AvgIpc) is 2.47. The van der Waals surface area contributed by atoms with Crippen molar-refractivity contribution in [3.8, 4) is 0 Å². The van der Waals surface area contributed by atoms with E-state index < -0.39 is 29.2 Å². The molecule has 0 aromatic heterocycles. The van der Waals surface area contributed by atoms with Crippen molar-refractivity contribution in [3.63, 3.8) is 0 Å². The molecule has 2 rings (SSSR count). The largest absolute Gasteiger partial charge is 0.416 e. The fourth-order valence-electron chi connectivity index (χ4n) is 1.67. The molecule has 0 heterocycles. The van der Waals surface area contributed by atoms with E-state index in [2.05, 4.69) is 10.5 Å². The molecule has 114 valence electrons. The van der Waals surface area contributed by atoms with Gasteiger partial charge in [-0.05, 0) is 47.6 Å². The first kappa shape index (κ1) is 15.6. The number of halogens is 4. The van der Waals surface area contributed by atoms with Crippen LogP contribution in [-0.4, -0.2) is 5.91 Å². The molecule has 0 aliphatic heterocycles. The third-order valence-electron chi connectivity index (χ3n) is 2.78. The highest BCUT2D eigenvalue weighted by Gasteiger charge is 2.30. The molecular weight excluding hydrogens is 304 g/mol. The third-order valence-corrected chi connectivity index (χ3v) is 2.78. The molecule has 1 N–H and O–H groups in total. The van der Waals surface area contributed by atoms with Crippen molar-refractivity contribution in [2.75, 3.05) is 5.32 Å². The number of nitrogens with zero attached hydrogens (tertiary/aromatic N) is 1. The monoisotopic (exact) mass is 312 g/mol. The number of nitrogens with one attached hydrogen (secondary N) is 1. The summed E-state index contributed by atoms with van der Waals surface area (Å²) in [7, 11) is 0. The van der Waals surface area contributed by atoms with Gasteiger partial charge >= 0.3 is 6.18 Å². The Morgan fingerprint density at radius 3 is 2.23 bits per heavy atom. The lowest BCUT2D eigenvalue weighted by atomic mass is 10.1. The fourth-order valence-corrected chi connectivity index (χ4v) is 1.67. The zero-order valence-electron chi connectivity index (χ0n) is 10.8. The van der Waals surface area contributed by atoms with Crippen LogP contribution in [0.2, 0.25) is 0 Å². The second kappa shape index (κ2) is 5.92. The second-order valence-electron chi connectivity index (χ2n) is 4.29. The van der Waals surface area contributed by atoms with Gasteiger partial charge in [-0.1, -0.05) is 0 Å². The van der Waals surface area contributed by atoms with E-state index in [9.17, 15) is 27.3 Å². The Labute approximate surface area is 121 Å². The van der Waals surface area contributed by atoms with Gasteiger partial charge < -0.3 is 5.32 Å². The smallest absolute Gasteiger partial charge is 0.322 e. The Balaban J connectivity index is 2.17. The van der Waals surface area contributed by atoms with Crippen LogP contribution in [0.4, 0.5) is 28.9 Å². The molecular formula is C14H8F4N2O2. The van der Waals surface area contributed by atoms with Gasteiger partial charge in [-0.15, -0.1) is 4.91 Å². The standard InChI is InChI=1S/C14H8F4N2O2/c15-11-6-1-8(7-12(11)20-22)13(21)19-10-4-2-9(3-5-10)14(16,17)18/h1-7H,(H,19,21). The van der Waals surface area contributed by atoms with Crippen molar-refractivity contribution in [1.82, 2.24) is 0 Å². The molecule has 22 heavy (non-hydrogen) atoms. The number of benzene rings is 2. The van der Waals surface area contributed by atoms with Crippen molar-refractivity contribution in [2.45, 2.75) is 6.18 Å². The molecule has 8 heteroatoms. The van der Waals surface area contributed by atoms with Crippen molar-refractivity contribution in [1.29, 1.82) is 0 Å². The first-order chi connectivity index (χ1) is 10.3. The molecule has 0 aliphatic rings. The summed E-state index contributed by atoms with van der Waals surface area (Å²) in [5.74, 6) is -1.58. The van der Waals surface area contributed by atoms with Crippen LogP contribution in [0.15, 0.2) is 47.6 Å². The van der Waals surface area contributed by atoms with Gasteiger partial charge in [-0.3, -0.25) is 4.79 Å². The summed E-state index contributed by atoms with van der Waals surface area (Å²) in [5, 5.41) is 4.76. The SMILES string of the molecule is O=Nc1cc(C(=O)Nc2ccc(C(F)(F)F)cc2)ccc1F. The number of rotatable bonds is 3. The molecule has 0 spiro atoms. The van der Waals surface area contributed by atoms with Gasteiger partial charge in [0.2, 0.25) is 0 Å². The Morgan fingerprint density at radius 2 is 1.68 bits per heavy atom. The summed E-state index contributed by atoms with van der Waals surface area (Å²) in [6.07, 6.45) is -4.47. The molecule has 1 amide bonds. The molecule has 0 unspecified atom stereocenters. The predicted molar refractivity (Wildman–Crippen MR) is 71.3 cm³/mol. The van der Waals surface area contributed by atoms with Crippen molar-refractivity contribution >= 4 is 17.3 Å². The van der Waals surface area contributed by atoms with E-state index in [0.717, 1.165) is 42.5 Å². The van der Waals surface area contributed by atoms with Crippen LogP contribution in [-0.2, 0) is 6.18 Å². The van der Waals surface area contributed by atoms with Crippen molar-refractivity contribution in [2.24, 2.45) is 5.18 Å². The van der Waals surface area contributed by atoms with Gasteiger partial charge in [-0.2, -0.15) is 13.2 Å². The van der Waals surface area contributed by atoms with Gasteiger partial charge in [0, 0.05) is 11.3 Å². The minimum Gasteiger partial charge on any atom is -0.322 e. The number of anilines is 1. The number of amides is 1. The second-order valence-corrected chi connectivity index (χ2v) is 4.29. The van der Waals surface area contributed by atoms with Crippen molar-refractivity contribution < 1.29 is 22.4 Å². The third kappa shape index (κ3) is 3.46. The van der Waals surface area contributed by atoms with Gasteiger partial charge in [0.25, 0.3) is 5.91 Å². The zero-order valence-corrected chi connectivity index (χ0v) is 10.8. The van der Waals surface area contributed by atoms with Crippen LogP contribution in [0.25, 0.3) is 0 Å². The maximum atomic E-state index is 13.1. The lowest BCUT2D eigenvalue weighted by molar-refractivity contribution is -0.137. The molecule has 0 radical (unpaired) electrons. The lowest BCUT2D eigenvalue weighted by Gasteiger charge is -2.09. The first-order valence-electron chi connectivity index (χ1n) is 5.93. The van der Waals surface area contributed by atoms with Gasteiger partial charge in [0.1, 0.15) is 5.69 Å². The Hall–Kier alpha value is -2.77. The number of alkyl halides is 3. The van der Waals surface area contributed by atoms with Crippen LogP contribution < -0.4 is 5.32 Å². The number of nitroso groups, excluding NO2 is 1. The zero-order chi connectivity index (χ0) is 16.3. The minimum atomic E-state index is -4.47. The number of hydrogen-bond acceptors (Lipinski definition) is 3. The van der Waals surface area contributed by atoms with Crippen LogP contribution in [0.3, 0.4) is 0 Å². The molecule has 2 aromatic rings. The molecule has 0 aliphatic carbocycles. The predicted octanol–water partition coefficient (Wildman–Crippen LogP) is 4.49. The molecule has 0 saturated heterocycles. The summed E-state index contributed by atoms with van der Waals surface area (Å²) in [6.45, 7) is 0. The Bertz CT molecular complexity index is 712. The van der Waals surface area contributed by atoms with E-state index in [-0.39, 0.29) is 11.3 Å². The number of carbonyl (C=O) groups is 1. The Morgan fingerprint density at radius 1 is 1.05 bits per heavy atom. The summed E-state index contributed by atoms with van der Waals surface area (Å²) < 4.78 is 50.3. The van der Waals surface area contributed by atoms with E-state index in [1.807, 2.05) is 0 Å². The summed E-state index contributed by atoms with van der Waals surface area (Å²) in [5.41, 5.74) is -1.29. The van der Waals surface area contributed by atoms with E-state index in [4.69, 9.17) is 0 Å². The Kier molecular flexibility index (Phi) is 4.20. The number of hydrogen-bond donors (Lipinski definition) is 1. The van der Waals surface area contributed by atoms with Crippen molar-refractivity contribution in [3.05, 3.63) is 64.3 Å². The quantitative estimate of drug-likeness (QED) is 0.670.